The van der Waals surface area contributed by atoms with Gasteiger partial charge in [0.05, 0.1) is 6.04 Å². The highest BCUT2D eigenvalue weighted by Gasteiger charge is 2.25. The van der Waals surface area contributed by atoms with Gasteiger partial charge in [-0.3, -0.25) is 9.69 Å². The van der Waals surface area contributed by atoms with E-state index in [0.717, 1.165) is 49.5 Å². The minimum atomic E-state index is -0.221. The van der Waals surface area contributed by atoms with Gasteiger partial charge < -0.3 is 16.0 Å². The number of carbonyl (C=O) groups is 1. The Balaban J connectivity index is 1.42. The van der Waals surface area contributed by atoms with Gasteiger partial charge in [0.2, 0.25) is 5.91 Å². The van der Waals surface area contributed by atoms with Crippen molar-refractivity contribution in [2.75, 3.05) is 43.4 Å². The second kappa shape index (κ2) is 8.86. The Hall–Kier alpha value is -2.60. The third-order valence-corrected chi connectivity index (χ3v) is 5.13. The third kappa shape index (κ3) is 5.20. The summed E-state index contributed by atoms with van der Waals surface area (Å²) >= 11 is 0. The zero-order valence-electron chi connectivity index (χ0n) is 15.7. The summed E-state index contributed by atoms with van der Waals surface area (Å²) in [6.45, 7) is 5.84. The van der Waals surface area contributed by atoms with Crippen molar-refractivity contribution >= 4 is 17.3 Å². The highest BCUT2D eigenvalue weighted by atomic mass is 19.1. The van der Waals surface area contributed by atoms with Crippen LogP contribution in [-0.2, 0) is 11.2 Å². The summed E-state index contributed by atoms with van der Waals surface area (Å²) < 4.78 is 13.1. The van der Waals surface area contributed by atoms with Crippen molar-refractivity contribution < 1.29 is 9.18 Å². The number of piperazine rings is 1. The van der Waals surface area contributed by atoms with E-state index in [1.165, 1.54) is 12.1 Å². The Morgan fingerprint density at radius 3 is 2.33 bits per heavy atom. The molecule has 3 rings (SSSR count). The van der Waals surface area contributed by atoms with Gasteiger partial charge in [0.25, 0.3) is 0 Å². The lowest BCUT2D eigenvalue weighted by Crippen LogP contribution is -2.54. The number of rotatable bonds is 6. The molecule has 27 heavy (non-hydrogen) atoms. The topological polar surface area (TPSA) is 61.6 Å². The van der Waals surface area contributed by atoms with Crippen molar-refractivity contribution in [2.24, 2.45) is 0 Å². The molecule has 0 aromatic heterocycles. The van der Waals surface area contributed by atoms with Gasteiger partial charge in [0, 0.05) is 44.1 Å². The summed E-state index contributed by atoms with van der Waals surface area (Å²) in [7, 11) is 0. The van der Waals surface area contributed by atoms with Crippen molar-refractivity contribution in [3.05, 3.63) is 59.9 Å². The molecule has 0 radical (unpaired) electrons. The molecule has 1 unspecified atom stereocenters. The monoisotopic (exact) mass is 370 g/mol. The fourth-order valence-electron chi connectivity index (χ4n) is 3.35. The number of carbonyl (C=O) groups excluding carboxylic acids is 1. The lowest BCUT2D eigenvalue weighted by atomic mass is 10.1. The van der Waals surface area contributed by atoms with Crippen LogP contribution in [0, 0.1) is 5.82 Å². The fourth-order valence-corrected chi connectivity index (χ4v) is 3.35. The summed E-state index contributed by atoms with van der Waals surface area (Å²) in [5.74, 6) is -0.165. The molecule has 144 valence electrons. The summed E-state index contributed by atoms with van der Waals surface area (Å²) in [6.07, 6.45) is 0.789. The van der Waals surface area contributed by atoms with E-state index in [2.05, 4.69) is 15.1 Å². The van der Waals surface area contributed by atoms with Crippen molar-refractivity contribution in [3.8, 4) is 0 Å². The Kier molecular flexibility index (Phi) is 6.29. The number of nitrogens with two attached hydrogens (primary N) is 1. The number of anilines is 2. The molecule has 2 aromatic rings. The van der Waals surface area contributed by atoms with E-state index in [9.17, 15) is 9.18 Å². The van der Waals surface area contributed by atoms with Gasteiger partial charge in [-0.05, 0) is 55.3 Å². The molecule has 1 saturated heterocycles. The van der Waals surface area contributed by atoms with Gasteiger partial charge in [-0.1, -0.05) is 12.1 Å². The van der Waals surface area contributed by atoms with Gasteiger partial charge >= 0.3 is 0 Å². The second-order valence-electron chi connectivity index (χ2n) is 6.96. The first-order chi connectivity index (χ1) is 13.0. The van der Waals surface area contributed by atoms with Crippen LogP contribution in [0.2, 0.25) is 0 Å². The lowest BCUT2D eigenvalue weighted by Gasteiger charge is -2.38. The molecule has 1 aliphatic heterocycles. The number of benzene rings is 2. The van der Waals surface area contributed by atoms with Crippen LogP contribution in [0.5, 0.6) is 0 Å². The van der Waals surface area contributed by atoms with Gasteiger partial charge in [-0.2, -0.15) is 0 Å². The van der Waals surface area contributed by atoms with Crippen LogP contribution in [0.25, 0.3) is 0 Å². The molecule has 1 heterocycles. The van der Waals surface area contributed by atoms with Crippen LogP contribution in [0.15, 0.2) is 48.5 Å². The number of nitrogen functional groups attached to an aromatic ring is 1. The molecule has 6 heteroatoms. The van der Waals surface area contributed by atoms with Crippen LogP contribution in [0.4, 0.5) is 15.8 Å². The average molecular weight is 370 g/mol. The van der Waals surface area contributed by atoms with Crippen molar-refractivity contribution in [1.82, 2.24) is 10.2 Å². The zero-order valence-corrected chi connectivity index (χ0v) is 15.7. The summed E-state index contributed by atoms with van der Waals surface area (Å²) in [6, 6.07) is 14.1. The Bertz CT molecular complexity index is 740. The highest BCUT2D eigenvalue weighted by molar-refractivity contribution is 5.81. The first-order valence-corrected chi connectivity index (χ1v) is 9.39. The maximum absolute atomic E-state index is 13.1. The first kappa shape index (κ1) is 19.2. The summed E-state index contributed by atoms with van der Waals surface area (Å²) in [5.41, 5.74) is 8.61. The maximum Gasteiger partial charge on any atom is 0.237 e. The van der Waals surface area contributed by atoms with Gasteiger partial charge in [-0.25, -0.2) is 4.39 Å². The van der Waals surface area contributed by atoms with Crippen molar-refractivity contribution in [2.45, 2.75) is 19.4 Å². The highest BCUT2D eigenvalue weighted by Crippen LogP contribution is 2.17. The normalized spacial score (nSPS) is 16.1. The number of nitrogens with one attached hydrogen (secondary N) is 1. The largest absolute Gasteiger partial charge is 0.399 e. The number of halogens is 1. The summed E-state index contributed by atoms with van der Waals surface area (Å²) in [5, 5.41) is 3.02. The first-order valence-electron chi connectivity index (χ1n) is 9.39. The fraction of sp³-hybridized carbons (Fsp3) is 0.381. The van der Waals surface area contributed by atoms with Gasteiger partial charge in [-0.15, -0.1) is 0 Å². The van der Waals surface area contributed by atoms with Crippen LogP contribution in [-0.4, -0.2) is 49.6 Å². The smallest absolute Gasteiger partial charge is 0.237 e. The number of hydrogen-bond donors (Lipinski definition) is 2. The van der Waals surface area contributed by atoms with Crippen LogP contribution < -0.4 is 16.0 Å². The molecular formula is C21H27FN4O. The summed E-state index contributed by atoms with van der Waals surface area (Å²) in [4.78, 5) is 16.9. The molecule has 2 aromatic carbocycles. The van der Waals surface area contributed by atoms with E-state index in [0.29, 0.717) is 6.54 Å². The predicted octanol–water partition coefficient (Wildman–Crippen LogP) is 2.28. The van der Waals surface area contributed by atoms with E-state index in [-0.39, 0.29) is 17.8 Å². The van der Waals surface area contributed by atoms with E-state index in [1.807, 2.05) is 31.2 Å². The second-order valence-corrected chi connectivity index (χ2v) is 6.96. The Morgan fingerprint density at radius 2 is 1.70 bits per heavy atom. The number of hydrogen-bond acceptors (Lipinski definition) is 4. The molecule has 1 atom stereocenters. The average Bonchev–Trinajstić information content (AvgIpc) is 2.69. The maximum atomic E-state index is 13.1. The zero-order chi connectivity index (χ0) is 19.2. The standard InChI is InChI=1S/C21H27FN4O/c1-16(21(27)24-11-10-17-2-6-19(23)7-3-17)25-12-14-26(15-13-25)20-8-4-18(22)5-9-20/h2-9,16H,10-15,23H2,1H3,(H,24,27). The molecule has 1 amide bonds. The molecule has 5 nitrogen and oxygen atoms in total. The van der Waals surface area contributed by atoms with Crippen molar-refractivity contribution in [3.63, 3.8) is 0 Å². The number of nitrogens with zero attached hydrogens (tertiary/aromatic N) is 2. The quantitative estimate of drug-likeness (QED) is 0.766. The minimum absolute atomic E-state index is 0.0562. The SMILES string of the molecule is CC(C(=O)NCCc1ccc(N)cc1)N1CCN(c2ccc(F)cc2)CC1. The molecule has 0 bridgehead atoms. The lowest BCUT2D eigenvalue weighted by molar-refractivity contribution is -0.125. The predicted molar refractivity (Wildman–Crippen MR) is 107 cm³/mol. The molecular weight excluding hydrogens is 343 g/mol. The molecule has 3 N–H and O–H groups in total. The van der Waals surface area contributed by atoms with E-state index >= 15 is 0 Å². The molecule has 1 aliphatic rings. The van der Waals surface area contributed by atoms with E-state index < -0.39 is 0 Å². The van der Waals surface area contributed by atoms with Crippen molar-refractivity contribution in [1.29, 1.82) is 0 Å². The third-order valence-electron chi connectivity index (χ3n) is 5.13. The van der Waals surface area contributed by atoms with Gasteiger partial charge in [0.15, 0.2) is 0 Å². The van der Waals surface area contributed by atoms with Crippen LogP contribution >= 0.6 is 0 Å². The molecule has 0 saturated carbocycles. The number of amides is 1. The molecule has 0 aliphatic carbocycles. The van der Waals surface area contributed by atoms with Crippen LogP contribution in [0.1, 0.15) is 12.5 Å². The Morgan fingerprint density at radius 1 is 1.07 bits per heavy atom. The van der Waals surface area contributed by atoms with E-state index in [4.69, 9.17) is 5.73 Å². The van der Waals surface area contributed by atoms with Gasteiger partial charge in [0.1, 0.15) is 5.82 Å². The van der Waals surface area contributed by atoms with Crippen LogP contribution in [0.3, 0.4) is 0 Å². The van der Waals surface area contributed by atoms with E-state index in [1.54, 1.807) is 12.1 Å². The Labute approximate surface area is 160 Å². The molecule has 0 spiro atoms. The molecule has 1 fully saturated rings. The minimum Gasteiger partial charge on any atom is -0.399 e.